The number of carbonyl (C=O) groups is 1. The first-order valence-corrected chi connectivity index (χ1v) is 12.4. The number of nitrogens with zero attached hydrogens (tertiary/aromatic N) is 1. The summed E-state index contributed by atoms with van der Waals surface area (Å²) in [5.74, 6) is -3.69. The van der Waals surface area contributed by atoms with Gasteiger partial charge in [-0.05, 0) is 48.1 Å². The summed E-state index contributed by atoms with van der Waals surface area (Å²) < 4.78 is 44.8. The summed E-state index contributed by atoms with van der Waals surface area (Å²) in [4.78, 5) is 13.3. The van der Waals surface area contributed by atoms with Gasteiger partial charge in [-0.3, -0.25) is 4.79 Å². The number of aliphatic hydroxyl groups excluding tert-OH is 2. The topological polar surface area (TPSA) is 74.5 Å². The van der Waals surface area contributed by atoms with E-state index in [1.807, 2.05) is 24.5 Å². The number of benzene rings is 2. The van der Waals surface area contributed by atoms with E-state index in [1.54, 1.807) is 24.3 Å². The lowest BCUT2D eigenvalue weighted by atomic mass is 9.85. The van der Waals surface area contributed by atoms with Gasteiger partial charge in [0.15, 0.2) is 0 Å². The molecule has 0 atom stereocenters. The quantitative estimate of drug-likeness (QED) is 0.415. The second-order valence-electron chi connectivity index (χ2n) is 10.9. The van der Waals surface area contributed by atoms with Crippen molar-refractivity contribution in [3.05, 3.63) is 64.6 Å². The Morgan fingerprint density at radius 2 is 1.78 bits per heavy atom. The molecule has 5 rings (SSSR count). The molecule has 0 saturated heterocycles. The Morgan fingerprint density at radius 3 is 2.44 bits per heavy atom. The summed E-state index contributed by atoms with van der Waals surface area (Å²) in [6.07, 6.45) is 1.05. The van der Waals surface area contributed by atoms with E-state index in [-0.39, 0.29) is 44.2 Å². The van der Waals surface area contributed by atoms with Crippen LogP contribution in [0.2, 0.25) is 0 Å². The van der Waals surface area contributed by atoms with E-state index in [0.717, 1.165) is 5.69 Å². The van der Waals surface area contributed by atoms with Crippen LogP contribution >= 0.6 is 0 Å². The molecule has 36 heavy (non-hydrogen) atoms. The molecule has 3 N–H and O–H groups in total. The maximum Gasteiger partial charge on any atom is 0.256 e. The first-order chi connectivity index (χ1) is 17.0. The van der Waals surface area contributed by atoms with Crippen LogP contribution in [0.15, 0.2) is 36.4 Å². The highest BCUT2D eigenvalue weighted by Crippen LogP contribution is 2.50. The first-order valence-electron chi connectivity index (χ1n) is 12.4. The van der Waals surface area contributed by atoms with E-state index < -0.39 is 22.6 Å². The number of rotatable bonds is 8. The molecular formula is C28H31F3N2O3. The van der Waals surface area contributed by atoms with Crippen LogP contribution in [-0.4, -0.2) is 39.8 Å². The highest BCUT2D eigenvalue weighted by Gasteiger charge is 2.52. The van der Waals surface area contributed by atoms with E-state index in [0.29, 0.717) is 46.9 Å². The van der Waals surface area contributed by atoms with Crippen molar-refractivity contribution < 1.29 is 28.2 Å². The number of fused-ring (bicyclic) bond motifs is 2. The second kappa shape index (κ2) is 8.63. The molecule has 0 radical (unpaired) electrons. The highest BCUT2D eigenvalue weighted by molar-refractivity contribution is 6.02. The maximum atomic E-state index is 15.2. The average Bonchev–Trinajstić information content (AvgIpc) is 3.45. The Kier molecular flexibility index (Phi) is 5.95. The van der Waals surface area contributed by atoms with Crippen molar-refractivity contribution in [1.29, 1.82) is 0 Å². The largest absolute Gasteiger partial charge is 0.396 e. The SMILES string of the molecule is CC(C)(CCO)c1cc2cc(NC(=O)C3(c4ccc5c(c4)CC(F)(F)C5)CC3)c(F)cc2n1CCO. The standard InChI is InChI=1S/C28H31F3N2O3/c1-26(2,7-9-34)24-13-18-12-22(21(29)14-23(18)33(24)8-10-35)32-25(36)27(5-6-27)20-4-3-17-15-28(30,31)16-19(17)11-20/h3-4,11-14,34-35H,5-10,15-16H2,1-2H3,(H,32,36). The minimum atomic E-state index is -2.75. The van der Waals surface area contributed by atoms with Gasteiger partial charge < -0.3 is 20.1 Å². The summed E-state index contributed by atoms with van der Waals surface area (Å²) in [6.45, 7) is 4.10. The fourth-order valence-electron chi connectivity index (χ4n) is 5.58. The summed E-state index contributed by atoms with van der Waals surface area (Å²) in [7, 11) is 0. The van der Waals surface area contributed by atoms with Crippen LogP contribution in [0.3, 0.4) is 0 Å². The molecule has 0 unspecified atom stereocenters. The fraction of sp³-hybridized carbons (Fsp3) is 0.464. The number of anilines is 1. The van der Waals surface area contributed by atoms with Crippen molar-refractivity contribution in [1.82, 2.24) is 4.57 Å². The number of hydrogen-bond donors (Lipinski definition) is 3. The van der Waals surface area contributed by atoms with Crippen molar-refractivity contribution in [2.45, 2.75) is 69.2 Å². The Bertz CT molecular complexity index is 1340. The molecule has 1 heterocycles. The Hall–Kier alpha value is -2.84. The molecule has 0 bridgehead atoms. The summed E-state index contributed by atoms with van der Waals surface area (Å²) in [5, 5.41) is 22.6. The molecule has 1 fully saturated rings. The van der Waals surface area contributed by atoms with Crippen LogP contribution in [0.25, 0.3) is 10.9 Å². The summed E-state index contributed by atoms with van der Waals surface area (Å²) in [6, 6.07) is 10.0. The molecule has 2 aromatic carbocycles. The van der Waals surface area contributed by atoms with E-state index in [9.17, 15) is 23.8 Å². The van der Waals surface area contributed by atoms with Gasteiger partial charge in [-0.25, -0.2) is 13.2 Å². The number of alkyl halides is 2. The highest BCUT2D eigenvalue weighted by atomic mass is 19.3. The Labute approximate surface area is 207 Å². The monoisotopic (exact) mass is 500 g/mol. The average molecular weight is 501 g/mol. The smallest absolute Gasteiger partial charge is 0.256 e. The number of hydrogen-bond acceptors (Lipinski definition) is 3. The van der Waals surface area contributed by atoms with Crippen LogP contribution in [0, 0.1) is 5.82 Å². The zero-order valence-corrected chi connectivity index (χ0v) is 20.5. The number of halogens is 3. The number of aliphatic hydroxyl groups is 2. The number of nitrogens with one attached hydrogen (secondary N) is 1. The van der Waals surface area contributed by atoms with Crippen molar-refractivity contribution in [3.8, 4) is 0 Å². The van der Waals surface area contributed by atoms with Gasteiger partial charge in [0, 0.05) is 48.6 Å². The van der Waals surface area contributed by atoms with E-state index in [1.165, 1.54) is 6.07 Å². The van der Waals surface area contributed by atoms with Crippen LogP contribution in [0.1, 0.15) is 55.5 Å². The minimum Gasteiger partial charge on any atom is -0.396 e. The van der Waals surface area contributed by atoms with Gasteiger partial charge in [-0.15, -0.1) is 0 Å². The van der Waals surface area contributed by atoms with Crippen molar-refractivity contribution in [2.24, 2.45) is 0 Å². The molecule has 1 saturated carbocycles. The van der Waals surface area contributed by atoms with Crippen molar-refractivity contribution in [3.63, 3.8) is 0 Å². The third kappa shape index (κ3) is 4.20. The number of aromatic nitrogens is 1. The Balaban J connectivity index is 1.45. The first kappa shape index (κ1) is 24.8. The van der Waals surface area contributed by atoms with Gasteiger partial charge in [-0.2, -0.15) is 0 Å². The van der Waals surface area contributed by atoms with Crippen molar-refractivity contribution >= 4 is 22.5 Å². The van der Waals surface area contributed by atoms with Crippen LogP contribution in [0.4, 0.5) is 18.9 Å². The van der Waals surface area contributed by atoms with Crippen molar-refractivity contribution in [2.75, 3.05) is 18.5 Å². The lowest BCUT2D eigenvalue weighted by Crippen LogP contribution is -2.28. The third-order valence-corrected chi connectivity index (χ3v) is 7.83. The van der Waals surface area contributed by atoms with Crippen LogP contribution < -0.4 is 5.32 Å². The lowest BCUT2D eigenvalue weighted by molar-refractivity contribution is -0.118. The molecule has 8 heteroatoms. The van der Waals surface area contributed by atoms with E-state index >= 15 is 4.39 Å². The zero-order chi connectivity index (χ0) is 25.9. The second-order valence-corrected chi connectivity index (χ2v) is 10.9. The normalized spacial score (nSPS) is 17.9. The van der Waals surface area contributed by atoms with Gasteiger partial charge in [0.25, 0.3) is 5.92 Å². The maximum absolute atomic E-state index is 15.2. The van der Waals surface area contributed by atoms with E-state index in [2.05, 4.69) is 5.32 Å². The predicted octanol–water partition coefficient (Wildman–Crippen LogP) is 4.84. The molecule has 2 aliphatic carbocycles. The number of carbonyl (C=O) groups excluding carboxylic acids is 1. The van der Waals surface area contributed by atoms with Crippen LogP contribution in [0.5, 0.6) is 0 Å². The molecule has 0 aliphatic heterocycles. The molecule has 1 amide bonds. The Morgan fingerprint density at radius 1 is 1.06 bits per heavy atom. The van der Waals surface area contributed by atoms with Gasteiger partial charge >= 0.3 is 0 Å². The molecule has 1 aromatic heterocycles. The molecule has 2 aliphatic rings. The summed E-state index contributed by atoms with van der Waals surface area (Å²) >= 11 is 0. The predicted molar refractivity (Wildman–Crippen MR) is 132 cm³/mol. The zero-order valence-electron chi connectivity index (χ0n) is 20.5. The van der Waals surface area contributed by atoms with Gasteiger partial charge in [-0.1, -0.05) is 32.0 Å². The van der Waals surface area contributed by atoms with Gasteiger partial charge in [0.2, 0.25) is 5.91 Å². The fourth-order valence-corrected chi connectivity index (χ4v) is 5.58. The van der Waals surface area contributed by atoms with Crippen LogP contribution in [-0.2, 0) is 35.0 Å². The number of amides is 1. The van der Waals surface area contributed by atoms with Gasteiger partial charge in [0.1, 0.15) is 5.82 Å². The third-order valence-electron chi connectivity index (χ3n) is 7.83. The molecular weight excluding hydrogens is 469 g/mol. The molecule has 5 nitrogen and oxygen atoms in total. The van der Waals surface area contributed by atoms with E-state index in [4.69, 9.17) is 0 Å². The molecule has 192 valence electrons. The van der Waals surface area contributed by atoms with Gasteiger partial charge in [0.05, 0.1) is 23.2 Å². The minimum absolute atomic E-state index is 0.00820. The molecule has 0 spiro atoms. The summed E-state index contributed by atoms with van der Waals surface area (Å²) in [5.41, 5.74) is 2.14. The molecule has 3 aromatic rings. The lowest BCUT2D eigenvalue weighted by Gasteiger charge is -2.26.